The second-order valence-corrected chi connectivity index (χ2v) is 10.8. The quantitative estimate of drug-likeness (QED) is 0.498. The molecule has 1 saturated heterocycles. The van der Waals surface area contributed by atoms with Gasteiger partial charge in [-0.05, 0) is 94.3 Å². The monoisotopic (exact) mass is 506 g/mol. The smallest absolute Gasteiger partial charge is 0.389 e. The minimum absolute atomic E-state index is 0.0269. The lowest BCUT2D eigenvalue weighted by Crippen LogP contribution is -2.53. The third-order valence-electron chi connectivity index (χ3n) is 8.15. The van der Waals surface area contributed by atoms with Gasteiger partial charge >= 0.3 is 6.18 Å². The minimum Gasteiger partial charge on any atom is -0.389 e. The van der Waals surface area contributed by atoms with Crippen LogP contribution in [0.25, 0.3) is 0 Å². The van der Waals surface area contributed by atoms with E-state index in [1.165, 1.54) is 5.56 Å². The maximum absolute atomic E-state index is 13.8. The van der Waals surface area contributed by atoms with Gasteiger partial charge < -0.3 is 15.3 Å². The van der Waals surface area contributed by atoms with Gasteiger partial charge in [0.1, 0.15) is 5.82 Å². The topological polar surface area (TPSA) is 52.6 Å². The summed E-state index contributed by atoms with van der Waals surface area (Å²) in [5.74, 6) is -0.903. The highest BCUT2D eigenvalue weighted by Crippen LogP contribution is 2.49. The first-order valence-corrected chi connectivity index (χ1v) is 12.6. The number of rotatable bonds is 6. The minimum atomic E-state index is -4.68. The van der Waals surface area contributed by atoms with Crippen molar-refractivity contribution in [3.8, 4) is 0 Å². The Morgan fingerprint density at radius 2 is 1.75 bits per heavy atom. The standard InChI is InChI=1S/C28H34F4N2O2/c1-26(2,36)27(25(35)33-18-19-14-22(28(30,31)32)16-23(29)15-19)11-8-24(17-27)34-12-9-21(10-13-34)20-6-4-3-5-7-20/h3-7,14-16,21,24,36H,8-13,17-18H2,1-2H3,(H,33,35)/t24-,27-/m1/s1. The first-order chi connectivity index (χ1) is 16.9. The summed E-state index contributed by atoms with van der Waals surface area (Å²) in [6, 6.07) is 12.9. The van der Waals surface area contributed by atoms with Crippen LogP contribution in [0.3, 0.4) is 0 Å². The first-order valence-electron chi connectivity index (χ1n) is 12.6. The van der Waals surface area contributed by atoms with Crippen molar-refractivity contribution in [3.05, 3.63) is 71.0 Å². The molecule has 1 amide bonds. The molecule has 1 aliphatic heterocycles. The highest BCUT2D eigenvalue weighted by molar-refractivity contribution is 5.84. The number of hydrogen-bond acceptors (Lipinski definition) is 3. The maximum atomic E-state index is 13.8. The van der Waals surface area contributed by atoms with Crippen molar-refractivity contribution in [2.75, 3.05) is 13.1 Å². The summed E-state index contributed by atoms with van der Waals surface area (Å²) in [5, 5.41) is 13.7. The molecule has 2 aromatic rings. The van der Waals surface area contributed by atoms with Crippen molar-refractivity contribution in [3.63, 3.8) is 0 Å². The number of carbonyl (C=O) groups is 1. The first kappa shape index (κ1) is 26.6. The number of benzene rings is 2. The lowest BCUT2D eigenvalue weighted by molar-refractivity contribution is -0.147. The number of likely N-dealkylation sites (tertiary alicyclic amines) is 1. The number of nitrogens with zero attached hydrogens (tertiary/aromatic N) is 1. The number of amides is 1. The molecule has 0 bridgehead atoms. The fourth-order valence-electron chi connectivity index (χ4n) is 5.96. The van der Waals surface area contributed by atoms with Gasteiger partial charge in [0, 0.05) is 12.6 Å². The van der Waals surface area contributed by atoms with Crippen molar-refractivity contribution in [2.45, 2.75) is 76.2 Å². The number of piperidine rings is 1. The van der Waals surface area contributed by atoms with Crippen molar-refractivity contribution >= 4 is 5.91 Å². The fourth-order valence-corrected chi connectivity index (χ4v) is 5.96. The SMILES string of the molecule is CC(C)(O)[C@]1(C(=O)NCc2cc(F)cc(C(F)(F)F)c2)CC[C@@H](N2CCC(c3ccccc3)CC2)C1. The number of halogens is 4. The molecule has 36 heavy (non-hydrogen) atoms. The van der Waals surface area contributed by atoms with Gasteiger partial charge in [0.15, 0.2) is 0 Å². The van der Waals surface area contributed by atoms with Crippen LogP contribution in [0.2, 0.25) is 0 Å². The normalized spacial score (nSPS) is 24.1. The van der Waals surface area contributed by atoms with Gasteiger partial charge in [-0.25, -0.2) is 4.39 Å². The van der Waals surface area contributed by atoms with Gasteiger partial charge in [-0.1, -0.05) is 30.3 Å². The average Bonchev–Trinajstić information content (AvgIpc) is 3.30. The molecule has 0 aromatic heterocycles. The Morgan fingerprint density at radius 1 is 1.08 bits per heavy atom. The van der Waals surface area contributed by atoms with Gasteiger partial charge in [-0.15, -0.1) is 0 Å². The second kappa shape index (κ2) is 10.1. The number of alkyl halides is 3. The molecule has 2 aliphatic rings. The van der Waals surface area contributed by atoms with Crippen LogP contribution in [-0.4, -0.2) is 40.6 Å². The van der Waals surface area contributed by atoms with E-state index in [2.05, 4.69) is 34.5 Å². The molecule has 2 fully saturated rings. The van der Waals surface area contributed by atoms with Gasteiger partial charge in [0.25, 0.3) is 0 Å². The molecule has 4 nitrogen and oxygen atoms in total. The second-order valence-electron chi connectivity index (χ2n) is 10.8. The molecule has 2 aromatic carbocycles. The molecule has 8 heteroatoms. The van der Waals surface area contributed by atoms with Crippen molar-refractivity contribution in [1.29, 1.82) is 0 Å². The van der Waals surface area contributed by atoms with Gasteiger partial charge in [-0.3, -0.25) is 4.79 Å². The van der Waals surface area contributed by atoms with Gasteiger partial charge in [-0.2, -0.15) is 13.2 Å². The molecular formula is C28H34F4N2O2. The zero-order chi connectivity index (χ0) is 26.1. The number of nitrogens with one attached hydrogen (secondary N) is 1. The van der Waals surface area contributed by atoms with Gasteiger partial charge in [0.05, 0.1) is 16.6 Å². The molecule has 2 atom stereocenters. The molecule has 0 radical (unpaired) electrons. The maximum Gasteiger partial charge on any atom is 0.416 e. The Labute approximate surface area is 209 Å². The number of hydrogen-bond donors (Lipinski definition) is 2. The molecule has 196 valence electrons. The summed E-state index contributed by atoms with van der Waals surface area (Å²) in [6.45, 7) is 4.81. The Kier molecular flexibility index (Phi) is 7.49. The fraction of sp³-hybridized carbons (Fsp3) is 0.536. The number of aliphatic hydroxyl groups is 1. The van der Waals surface area contributed by atoms with E-state index >= 15 is 0 Å². The van der Waals surface area contributed by atoms with E-state index in [-0.39, 0.29) is 18.2 Å². The third kappa shape index (κ3) is 5.59. The summed E-state index contributed by atoms with van der Waals surface area (Å²) >= 11 is 0. The Morgan fingerprint density at radius 3 is 2.36 bits per heavy atom. The molecular weight excluding hydrogens is 472 g/mol. The van der Waals surface area contributed by atoms with E-state index in [0.717, 1.165) is 44.5 Å². The van der Waals surface area contributed by atoms with Crippen LogP contribution in [0.5, 0.6) is 0 Å². The summed E-state index contributed by atoms with van der Waals surface area (Å²) < 4.78 is 53.0. The van der Waals surface area contributed by atoms with E-state index in [0.29, 0.717) is 24.8 Å². The lowest BCUT2D eigenvalue weighted by atomic mass is 9.71. The summed E-state index contributed by atoms with van der Waals surface area (Å²) in [5.41, 5.74) is -2.12. The molecule has 0 spiro atoms. The van der Waals surface area contributed by atoms with Crippen molar-refractivity contribution in [1.82, 2.24) is 10.2 Å². The van der Waals surface area contributed by atoms with Crippen LogP contribution in [0.15, 0.2) is 48.5 Å². The highest BCUT2D eigenvalue weighted by Gasteiger charge is 2.55. The van der Waals surface area contributed by atoms with Crippen LogP contribution in [0.1, 0.15) is 68.6 Å². The molecule has 1 saturated carbocycles. The summed E-state index contributed by atoms with van der Waals surface area (Å²) in [4.78, 5) is 15.8. The Balaban J connectivity index is 1.42. The highest BCUT2D eigenvalue weighted by atomic mass is 19.4. The zero-order valence-corrected chi connectivity index (χ0v) is 20.7. The van der Waals surface area contributed by atoms with Crippen LogP contribution < -0.4 is 5.32 Å². The van der Waals surface area contributed by atoms with Crippen molar-refractivity contribution in [2.24, 2.45) is 5.41 Å². The zero-order valence-electron chi connectivity index (χ0n) is 20.7. The molecule has 4 rings (SSSR count). The molecule has 1 heterocycles. The van der Waals surface area contributed by atoms with Crippen LogP contribution >= 0.6 is 0 Å². The lowest BCUT2D eigenvalue weighted by Gasteiger charge is -2.41. The summed E-state index contributed by atoms with van der Waals surface area (Å²) in [6.07, 6.45) is -0.919. The predicted molar refractivity (Wildman–Crippen MR) is 130 cm³/mol. The average molecular weight is 507 g/mol. The number of carbonyl (C=O) groups excluding carboxylic acids is 1. The molecule has 0 unspecified atom stereocenters. The van der Waals surface area contributed by atoms with E-state index in [1.807, 2.05) is 6.07 Å². The predicted octanol–water partition coefficient (Wildman–Crippen LogP) is 5.65. The van der Waals surface area contributed by atoms with Crippen LogP contribution in [0.4, 0.5) is 17.6 Å². The largest absolute Gasteiger partial charge is 0.416 e. The Bertz CT molecular complexity index is 1060. The van der Waals surface area contributed by atoms with Crippen LogP contribution in [-0.2, 0) is 17.5 Å². The summed E-state index contributed by atoms with van der Waals surface area (Å²) in [7, 11) is 0. The van der Waals surface area contributed by atoms with Crippen LogP contribution in [0, 0.1) is 11.2 Å². The molecule has 1 aliphatic carbocycles. The van der Waals surface area contributed by atoms with E-state index in [1.54, 1.807) is 13.8 Å². The van der Waals surface area contributed by atoms with E-state index in [9.17, 15) is 27.5 Å². The van der Waals surface area contributed by atoms with E-state index in [4.69, 9.17) is 0 Å². The Hall–Kier alpha value is -2.45. The van der Waals surface area contributed by atoms with Crippen molar-refractivity contribution < 1.29 is 27.5 Å². The van der Waals surface area contributed by atoms with E-state index < -0.39 is 34.5 Å². The molecule has 2 N–H and O–H groups in total. The third-order valence-corrected chi connectivity index (χ3v) is 8.15. The van der Waals surface area contributed by atoms with Gasteiger partial charge in [0.2, 0.25) is 5.91 Å².